The van der Waals surface area contributed by atoms with Crippen molar-refractivity contribution in [2.75, 3.05) is 14.2 Å². The van der Waals surface area contributed by atoms with Gasteiger partial charge in [0.05, 0.1) is 25.3 Å². The highest BCUT2D eigenvalue weighted by atomic mass is 16.5. The maximum atomic E-state index is 11.5. The maximum absolute atomic E-state index is 11.5. The Kier molecular flexibility index (Phi) is 4.31. The van der Waals surface area contributed by atoms with Crippen LogP contribution >= 0.6 is 0 Å². The summed E-state index contributed by atoms with van der Waals surface area (Å²) >= 11 is 0. The molecular formula is C16H14O6. The highest BCUT2D eigenvalue weighted by Gasteiger charge is 2.24. The topological polar surface area (TPSA) is 93.1 Å². The van der Waals surface area contributed by atoms with E-state index in [-0.39, 0.29) is 33.8 Å². The van der Waals surface area contributed by atoms with Crippen molar-refractivity contribution in [1.82, 2.24) is 0 Å². The fraction of sp³-hybridized carbons (Fsp3) is 0.125. The summed E-state index contributed by atoms with van der Waals surface area (Å²) in [7, 11) is 2.78. The number of carbonyl (C=O) groups is 2. The van der Waals surface area contributed by atoms with Gasteiger partial charge in [-0.15, -0.1) is 0 Å². The third-order valence-corrected chi connectivity index (χ3v) is 3.20. The van der Waals surface area contributed by atoms with Crippen molar-refractivity contribution >= 4 is 11.9 Å². The lowest BCUT2D eigenvalue weighted by Crippen LogP contribution is -2.07. The van der Waals surface area contributed by atoms with Crippen LogP contribution in [0.25, 0.3) is 11.1 Å². The van der Waals surface area contributed by atoms with Gasteiger partial charge in [0.25, 0.3) is 0 Å². The Balaban J connectivity index is 2.92. The Morgan fingerprint density at radius 2 is 1.14 bits per heavy atom. The summed E-state index contributed by atoms with van der Waals surface area (Å²) in [6.07, 6.45) is 0. The standard InChI is InChI=1S/C16H14O6/c1-21-11-7-3-5-9(15(17)18)13(11)14-10(16(19)20)6-4-8-12(14)22-2/h3-8H,1-2H3,(H,17,18)(H,19,20). The van der Waals surface area contributed by atoms with Gasteiger partial charge >= 0.3 is 11.9 Å². The molecule has 0 saturated carbocycles. The summed E-state index contributed by atoms with van der Waals surface area (Å²) in [4.78, 5) is 23.0. The van der Waals surface area contributed by atoms with Crippen molar-refractivity contribution in [3.05, 3.63) is 47.5 Å². The minimum atomic E-state index is -1.18. The number of carboxylic acids is 2. The molecule has 0 radical (unpaired) electrons. The number of methoxy groups -OCH3 is 2. The zero-order valence-electron chi connectivity index (χ0n) is 12.0. The lowest BCUT2D eigenvalue weighted by molar-refractivity contribution is 0.0684. The molecule has 6 heteroatoms. The average molecular weight is 302 g/mol. The Morgan fingerprint density at radius 1 is 0.773 bits per heavy atom. The van der Waals surface area contributed by atoms with Gasteiger partial charge in [0, 0.05) is 11.1 Å². The normalized spacial score (nSPS) is 10.1. The van der Waals surface area contributed by atoms with E-state index in [2.05, 4.69) is 0 Å². The first-order chi connectivity index (χ1) is 10.5. The third kappa shape index (κ3) is 2.58. The van der Waals surface area contributed by atoms with Crippen LogP contribution in [0.3, 0.4) is 0 Å². The molecule has 0 aliphatic carbocycles. The van der Waals surface area contributed by atoms with Gasteiger partial charge in [0.1, 0.15) is 11.5 Å². The molecule has 6 nitrogen and oxygen atoms in total. The average Bonchev–Trinajstić information content (AvgIpc) is 2.52. The molecule has 114 valence electrons. The van der Waals surface area contributed by atoms with Gasteiger partial charge in [0.2, 0.25) is 0 Å². The molecule has 22 heavy (non-hydrogen) atoms. The van der Waals surface area contributed by atoms with Crippen molar-refractivity contribution < 1.29 is 29.3 Å². The van der Waals surface area contributed by atoms with E-state index in [4.69, 9.17) is 9.47 Å². The maximum Gasteiger partial charge on any atom is 0.336 e. The minimum absolute atomic E-state index is 0.0636. The van der Waals surface area contributed by atoms with Gasteiger partial charge in [-0.25, -0.2) is 9.59 Å². The predicted octanol–water partition coefficient (Wildman–Crippen LogP) is 2.77. The van der Waals surface area contributed by atoms with E-state index in [1.54, 1.807) is 12.1 Å². The Labute approximate surface area is 126 Å². The molecule has 2 rings (SSSR count). The molecule has 2 aromatic carbocycles. The fourth-order valence-corrected chi connectivity index (χ4v) is 2.27. The zero-order valence-corrected chi connectivity index (χ0v) is 12.0. The molecule has 0 unspecified atom stereocenters. The van der Waals surface area contributed by atoms with Crippen LogP contribution in [0.4, 0.5) is 0 Å². The number of rotatable bonds is 5. The lowest BCUT2D eigenvalue weighted by atomic mass is 9.93. The smallest absolute Gasteiger partial charge is 0.336 e. The van der Waals surface area contributed by atoms with Gasteiger partial charge in [-0.3, -0.25) is 0 Å². The highest BCUT2D eigenvalue weighted by molar-refractivity contribution is 6.05. The van der Waals surface area contributed by atoms with Crippen LogP contribution in [0.5, 0.6) is 11.5 Å². The highest BCUT2D eigenvalue weighted by Crippen LogP contribution is 2.41. The summed E-state index contributed by atoms with van der Waals surface area (Å²) in [5.74, 6) is -1.86. The molecule has 0 atom stereocenters. The molecule has 0 saturated heterocycles. The number of hydrogen-bond donors (Lipinski definition) is 2. The van der Waals surface area contributed by atoms with Crippen LogP contribution in [-0.2, 0) is 0 Å². The molecule has 2 N–H and O–H groups in total. The van der Waals surface area contributed by atoms with Crippen molar-refractivity contribution in [1.29, 1.82) is 0 Å². The monoisotopic (exact) mass is 302 g/mol. The molecule has 0 aliphatic heterocycles. The minimum Gasteiger partial charge on any atom is -0.496 e. The van der Waals surface area contributed by atoms with Gasteiger partial charge in [0.15, 0.2) is 0 Å². The van der Waals surface area contributed by atoms with E-state index in [0.717, 1.165) is 0 Å². The Bertz CT molecular complexity index is 672. The third-order valence-electron chi connectivity index (χ3n) is 3.20. The summed E-state index contributed by atoms with van der Waals surface area (Å²) < 4.78 is 10.4. The molecular weight excluding hydrogens is 288 g/mol. The first-order valence-electron chi connectivity index (χ1n) is 6.32. The molecule has 0 heterocycles. The summed E-state index contributed by atoms with van der Waals surface area (Å²) in [5.41, 5.74) is 0.220. The van der Waals surface area contributed by atoms with Gasteiger partial charge in [-0.05, 0) is 24.3 Å². The fourth-order valence-electron chi connectivity index (χ4n) is 2.27. The van der Waals surface area contributed by atoms with Crippen molar-refractivity contribution in [2.45, 2.75) is 0 Å². The first kappa shape index (κ1) is 15.4. The van der Waals surface area contributed by atoms with Crippen molar-refractivity contribution in [2.24, 2.45) is 0 Å². The summed E-state index contributed by atoms with van der Waals surface area (Å²) in [6, 6.07) is 8.97. The van der Waals surface area contributed by atoms with E-state index >= 15 is 0 Å². The van der Waals surface area contributed by atoms with Crippen molar-refractivity contribution in [3.8, 4) is 22.6 Å². The summed E-state index contributed by atoms with van der Waals surface area (Å²) in [6.45, 7) is 0. The van der Waals surface area contributed by atoms with Gasteiger partial charge in [-0.2, -0.15) is 0 Å². The SMILES string of the molecule is COc1cccc(C(=O)O)c1-c1c(OC)cccc1C(=O)O. The summed E-state index contributed by atoms with van der Waals surface area (Å²) in [5, 5.41) is 18.8. The van der Waals surface area contributed by atoms with Crippen molar-refractivity contribution in [3.63, 3.8) is 0 Å². The van der Waals surface area contributed by atoms with Crippen LogP contribution < -0.4 is 9.47 Å². The Hall–Kier alpha value is -3.02. The molecule has 2 aromatic rings. The largest absolute Gasteiger partial charge is 0.496 e. The second kappa shape index (κ2) is 6.17. The van der Waals surface area contributed by atoms with Crippen LogP contribution in [0.15, 0.2) is 36.4 Å². The quantitative estimate of drug-likeness (QED) is 0.882. The van der Waals surface area contributed by atoms with Crippen LogP contribution in [0.1, 0.15) is 20.7 Å². The Morgan fingerprint density at radius 3 is 1.41 bits per heavy atom. The molecule has 0 bridgehead atoms. The van der Waals surface area contributed by atoms with Crippen LogP contribution in [0, 0.1) is 0 Å². The van der Waals surface area contributed by atoms with Crippen LogP contribution in [-0.4, -0.2) is 36.4 Å². The molecule has 0 aliphatic rings. The van der Waals surface area contributed by atoms with Crippen LogP contribution in [0.2, 0.25) is 0 Å². The number of aromatic carboxylic acids is 2. The van der Waals surface area contributed by atoms with E-state index in [1.807, 2.05) is 0 Å². The number of hydrogen-bond acceptors (Lipinski definition) is 4. The van der Waals surface area contributed by atoms with E-state index in [1.165, 1.54) is 38.5 Å². The molecule has 0 fully saturated rings. The number of carboxylic acid groups (broad SMARTS) is 2. The molecule has 0 spiro atoms. The number of benzene rings is 2. The predicted molar refractivity (Wildman–Crippen MR) is 78.9 cm³/mol. The lowest BCUT2D eigenvalue weighted by Gasteiger charge is -2.16. The molecule has 0 aromatic heterocycles. The first-order valence-corrected chi connectivity index (χ1v) is 6.32. The van der Waals surface area contributed by atoms with E-state index in [9.17, 15) is 19.8 Å². The number of ether oxygens (including phenoxy) is 2. The van der Waals surface area contributed by atoms with Gasteiger partial charge in [-0.1, -0.05) is 12.1 Å². The zero-order chi connectivity index (χ0) is 16.3. The van der Waals surface area contributed by atoms with Gasteiger partial charge < -0.3 is 19.7 Å². The second-order valence-corrected chi connectivity index (χ2v) is 4.38. The van der Waals surface area contributed by atoms with E-state index < -0.39 is 11.9 Å². The van der Waals surface area contributed by atoms with E-state index in [0.29, 0.717) is 0 Å². The second-order valence-electron chi connectivity index (χ2n) is 4.38. The molecule has 0 amide bonds.